The Morgan fingerprint density at radius 3 is 2.71 bits per heavy atom. The zero-order valence-corrected chi connectivity index (χ0v) is 13.0. The molecule has 1 N–H and O–H groups in total. The van der Waals surface area contributed by atoms with Gasteiger partial charge in [0.2, 0.25) is 0 Å². The van der Waals surface area contributed by atoms with Crippen LogP contribution in [0.4, 0.5) is 4.79 Å². The number of likely N-dealkylation sites (N-methyl/N-ethyl adjacent to an activating group) is 1. The van der Waals surface area contributed by atoms with Gasteiger partial charge in [-0.2, -0.15) is 0 Å². The first-order chi connectivity index (χ1) is 10.1. The monoisotopic (exact) mass is 298 g/mol. The van der Waals surface area contributed by atoms with Gasteiger partial charge in [0.1, 0.15) is 6.04 Å². The molecule has 3 atom stereocenters. The topological polar surface area (TPSA) is 70.1 Å². The van der Waals surface area contributed by atoms with Gasteiger partial charge in [0.25, 0.3) is 0 Å². The third-order valence-electron chi connectivity index (χ3n) is 4.75. The van der Waals surface area contributed by atoms with Crippen LogP contribution in [0.1, 0.15) is 33.1 Å². The highest BCUT2D eigenvalue weighted by Crippen LogP contribution is 2.42. The lowest BCUT2D eigenvalue weighted by atomic mass is 9.94. The van der Waals surface area contributed by atoms with Crippen molar-refractivity contribution in [3.05, 3.63) is 0 Å². The number of carbonyl (C=O) groups is 2. The molecule has 2 fully saturated rings. The molecule has 1 aliphatic carbocycles. The van der Waals surface area contributed by atoms with Crippen LogP contribution in [0.2, 0.25) is 0 Å². The molecule has 2 aliphatic rings. The molecule has 1 aliphatic heterocycles. The fourth-order valence-electron chi connectivity index (χ4n) is 3.71. The molecule has 1 saturated heterocycles. The van der Waals surface area contributed by atoms with Crippen LogP contribution in [0.25, 0.3) is 0 Å². The van der Waals surface area contributed by atoms with Crippen LogP contribution in [0, 0.1) is 11.8 Å². The summed E-state index contributed by atoms with van der Waals surface area (Å²) < 4.78 is 5.30. The van der Waals surface area contributed by atoms with E-state index in [4.69, 9.17) is 4.74 Å². The highest BCUT2D eigenvalue weighted by Gasteiger charge is 2.50. The molecule has 3 unspecified atom stereocenters. The first-order valence-corrected chi connectivity index (χ1v) is 7.96. The van der Waals surface area contributed by atoms with Gasteiger partial charge in [-0.3, -0.25) is 0 Å². The van der Waals surface area contributed by atoms with Gasteiger partial charge in [0, 0.05) is 26.2 Å². The average Bonchev–Trinajstić information content (AvgIpc) is 3.02. The number of urea groups is 1. The third-order valence-corrected chi connectivity index (χ3v) is 4.75. The maximum atomic E-state index is 12.6. The van der Waals surface area contributed by atoms with Crippen LogP contribution in [-0.2, 0) is 9.53 Å². The third kappa shape index (κ3) is 3.31. The number of aliphatic carboxylic acids is 1. The van der Waals surface area contributed by atoms with Crippen LogP contribution in [0.3, 0.4) is 0 Å². The van der Waals surface area contributed by atoms with Crippen molar-refractivity contribution in [2.24, 2.45) is 11.8 Å². The molecule has 120 valence electrons. The quantitative estimate of drug-likeness (QED) is 0.757. The number of hydrogen-bond donors (Lipinski definition) is 1. The van der Waals surface area contributed by atoms with E-state index >= 15 is 0 Å². The lowest BCUT2D eigenvalue weighted by Crippen LogP contribution is -2.50. The number of fused-ring (bicyclic) bond motifs is 1. The summed E-state index contributed by atoms with van der Waals surface area (Å²) in [6.07, 6.45) is 3.06. The number of carboxylic acid groups (broad SMARTS) is 1. The van der Waals surface area contributed by atoms with E-state index in [1.54, 1.807) is 9.80 Å². The standard InChI is InChI=1S/C15H26N2O4/c1-3-16(8-9-21-4-2)15(20)17-10-11-6-5-7-12(11)13(17)14(18)19/h11-13H,3-10H2,1-2H3,(H,18,19). The SMILES string of the molecule is CCOCCN(CC)C(=O)N1CC2CCCC2C1C(=O)O. The molecule has 21 heavy (non-hydrogen) atoms. The number of rotatable bonds is 6. The normalized spacial score (nSPS) is 27.7. The van der Waals surface area contributed by atoms with Gasteiger partial charge < -0.3 is 19.6 Å². The van der Waals surface area contributed by atoms with Gasteiger partial charge in [0.05, 0.1) is 6.61 Å². The lowest BCUT2D eigenvalue weighted by molar-refractivity contribution is -0.142. The van der Waals surface area contributed by atoms with Crippen LogP contribution < -0.4 is 0 Å². The summed E-state index contributed by atoms with van der Waals surface area (Å²) in [6.45, 7) is 6.62. The highest BCUT2D eigenvalue weighted by molar-refractivity contribution is 5.84. The summed E-state index contributed by atoms with van der Waals surface area (Å²) in [5.74, 6) is -0.365. The second kappa shape index (κ2) is 7.11. The second-order valence-corrected chi connectivity index (χ2v) is 5.85. The molecule has 0 spiro atoms. The van der Waals surface area contributed by atoms with Gasteiger partial charge in [-0.05, 0) is 38.5 Å². The Labute approximate surface area is 126 Å². The molecule has 0 radical (unpaired) electrons. The molecule has 2 amide bonds. The summed E-state index contributed by atoms with van der Waals surface area (Å²) in [5.41, 5.74) is 0. The van der Waals surface area contributed by atoms with Gasteiger partial charge in [-0.15, -0.1) is 0 Å². The van der Waals surface area contributed by atoms with Gasteiger partial charge in [-0.25, -0.2) is 9.59 Å². The Morgan fingerprint density at radius 1 is 1.33 bits per heavy atom. The molecule has 0 aromatic rings. The molecule has 0 aromatic carbocycles. The maximum absolute atomic E-state index is 12.6. The molecule has 0 aromatic heterocycles. The first kappa shape index (κ1) is 16.1. The number of carboxylic acids is 1. The summed E-state index contributed by atoms with van der Waals surface area (Å²) in [7, 11) is 0. The molecule has 6 nitrogen and oxygen atoms in total. The summed E-state index contributed by atoms with van der Waals surface area (Å²) >= 11 is 0. The van der Waals surface area contributed by atoms with Crippen molar-refractivity contribution in [1.29, 1.82) is 0 Å². The molecule has 0 bridgehead atoms. The second-order valence-electron chi connectivity index (χ2n) is 5.85. The predicted molar refractivity (Wildman–Crippen MR) is 78.1 cm³/mol. The Hall–Kier alpha value is -1.30. The van der Waals surface area contributed by atoms with E-state index in [1.165, 1.54) is 0 Å². The van der Waals surface area contributed by atoms with Crippen molar-refractivity contribution < 1.29 is 19.4 Å². The van der Waals surface area contributed by atoms with Crippen LogP contribution in [-0.4, -0.2) is 65.8 Å². The number of ether oxygens (including phenoxy) is 1. The van der Waals surface area contributed by atoms with E-state index < -0.39 is 12.0 Å². The summed E-state index contributed by atoms with van der Waals surface area (Å²) in [5, 5.41) is 9.51. The molecule has 6 heteroatoms. The average molecular weight is 298 g/mol. The first-order valence-electron chi connectivity index (χ1n) is 7.96. The Kier molecular flexibility index (Phi) is 5.45. The number of nitrogens with zero attached hydrogens (tertiary/aromatic N) is 2. The molecule has 1 saturated carbocycles. The van der Waals surface area contributed by atoms with Crippen molar-refractivity contribution >= 4 is 12.0 Å². The molecule has 2 rings (SSSR count). The fraction of sp³-hybridized carbons (Fsp3) is 0.867. The van der Waals surface area contributed by atoms with Crippen LogP contribution >= 0.6 is 0 Å². The summed E-state index contributed by atoms with van der Waals surface area (Å²) in [4.78, 5) is 27.5. The van der Waals surface area contributed by atoms with E-state index in [2.05, 4.69) is 0 Å². The predicted octanol–water partition coefficient (Wildman–Crippen LogP) is 1.65. The van der Waals surface area contributed by atoms with E-state index in [9.17, 15) is 14.7 Å². The Bertz CT molecular complexity index is 388. The van der Waals surface area contributed by atoms with Gasteiger partial charge in [-0.1, -0.05) is 6.42 Å². The van der Waals surface area contributed by atoms with Gasteiger partial charge in [0.15, 0.2) is 0 Å². The zero-order chi connectivity index (χ0) is 15.4. The minimum absolute atomic E-state index is 0.136. The zero-order valence-electron chi connectivity index (χ0n) is 13.0. The van der Waals surface area contributed by atoms with Crippen molar-refractivity contribution in [2.45, 2.75) is 39.2 Å². The van der Waals surface area contributed by atoms with Crippen molar-refractivity contribution in [2.75, 3.05) is 32.8 Å². The minimum atomic E-state index is -0.862. The number of hydrogen-bond acceptors (Lipinski definition) is 3. The molecular formula is C15H26N2O4. The Morgan fingerprint density at radius 2 is 2.10 bits per heavy atom. The molecular weight excluding hydrogens is 272 g/mol. The lowest BCUT2D eigenvalue weighted by Gasteiger charge is -2.30. The largest absolute Gasteiger partial charge is 0.480 e. The fourth-order valence-corrected chi connectivity index (χ4v) is 3.71. The van der Waals surface area contributed by atoms with E-state index in [1.807, 2.05) is 13.8 Å². The van der Waals surface area contributed by atoms with Crippen molar-refractivity contribution in [1.82, 2.24) is 9.80 Å². The smallest absolute Gasteiger partial charge is 0.326 e. The Balaban J connectivity index is 2.04. The number of carbonyl (C=O) groups excluding carboxylic acids is 1. The van der Waals surface area contributed by atoms with E-state index in [0.717, 1.165) is 19.3 Å². The van der Waals surface area contributed by atoms with E-state index in [0.29, 0.717) is 38.8 Å². The molecule has 1 heterocycles. The van der Waals surface area contributed by atoms with Crippen LogP contribution in [0.15, 0.2) is 0 Å². The maximum Gasteiger partial charge on any atom is 0.326 e. The van der Waals surface area contributed by atoms with E-state index in [-0.39, 0.29) is 11.9 Å². The summed E-state index contributed by atoms with van der Waals surface area (Å²) in [6, 6.07) is -0.801. The van der Waals surface area contributed by atoms with Crippen molar-refractivity contribution in [3.63, 3.8) is 0 Å². The van der Waals surface area contributed by atoms with Crippen molar-refractivity contribution in [3.8, 4) is 0 Å². The number of likely N-dealkylation sites (tertiary alicyclic amines) is 1. The highest BCUT2D eigenvalue weighted by atomic mass is 16.5. The number of amides is 2. The van der Waals surface area contributed by atoms with Gasteiger partial charge >= 0.3 is 12.0 Å². The van der Waals surface area contributed by atoms with Crippen LogP contribution in [0.5, 0.6) is 0 Å². The minimum Gasteiger partial charge on any atom is -0.480 e.